The Labute approximate surface area is 237 Å². The van der Waals surface area contributed by atoms with E-state index < -0.39 is 17.8 Å². The van der Waals surface area contributed by atoms with Crippen LogP contribution in [0.1, 0.15) is 36.3 Å². The number of benzene rings is 3. The van der Waals surface area contributed by atoms with Gasteiger partial charge in [0.2, 0.25) is 0 Å². The number of piperidine rings is 1. The first-order valence-corrected chi connectivity index (χ1v) is 13.5. The first-order chi connectivity index (χ1) is 19.8. The van der Waals surface area contributed by atoms with Crippen molar-refractivity contribution in [3.8, 4) is 11.5 Å². The lowest BCUT2D eigenvalue weighted by Crippen LogP contribution is -2.59. The van der Waals surface area contributed by atoms with Crippen LogP contribution in [-0.4, -0.2) is 49.6 Å². The van der Waals surface area contributed by atoms with Crippen LogP contribution in [0.2, 0.25) is 0 Å². The maximum Gasteiger partial charge on any atom is 0.335 e. The van der Waals surface area contributed by atoms with E-state index in [0.29, 0.717) is 38.3 Å². The minimum Gasteiger partial charge on any atom is -0.497 e. The van der Waals surface area contributed by atoms with Gasteiger partial charge >= 0.3 is 17.8 Å². The quantitative estimate of drug-likeness (QED) is 0.248. The van der Waals surface area contributed by atoms with Crippen molar-refractivity contribution in [1.82, 2.24) is 4.90 Å². The molecule has 41 heavy (non-hydrogen) atoms. The van der Waals surface area contributed by atoms with E-state index in [-0.39, 0.29) is 29.9 Å². The molecule has 0 radical (unpaired) electrons. The fraction of sp³-hybridized carbons (Fsp3) is 0.312. The summed E-state index contributed by atoms with van der Waals surface area (Å²) in [6, 6.07) is 19.6. The number of hydrogen-bond donors (Lipinski definition) is 0. The van der Waals surface area contributed by atoms with Crippen LogP contribution < -0.4 is 9.47 Å². The summed E-state index contributed by atoms with van der Waals surface area (Å²) in [6.07, 6.45) is 3.51. The Kier molecular flexibility index (Phi) is 8.64. The predicted octanol–water partition coefficient (Wildman–Crippen LogP) is 5.60. The Morgan fingerprint density at radius 2 is 1.39 bits per heavy atom. The molecule has 214 valence electrons. The number of esters is 2. The Morgan fingerprint density at radius 1 is 0.854 bits per heavy atom. The number of ether oxygens (including phenoxy) is 4. The molecule has 1 fully saturated rings. The average Bonchev–Trinajstić information content (AvgIpc) is 3.11. The number of nitrogens with zero attached hydrogens (tertiary/aromatic N) is 1. The number of carbonyl (C=O) groups excluding carboxylic acids is 2. The van der Waals surface area contributed by atoms with Crippen molar-refractivity contribution < 1.29 is 37.3 Å². The lowest BCUT2D eigenvalue weighted by Gasteiger charge is -2.48. The molecule has 1 unspecified atom stereocenters. The molecule has 0 amide bonds. The van der Waals surface area contributed by atoms with Crippen molar-refractivity contribution in [1.29, 1.82) is 0 Å². The van der Waals surface area contributed by atoms with Crippen LogP contribution in [0.5, 0.6) is 11.5 Å². The number of hydrogen-bond acceptors (Lipinski definition) is 7. The predicted molar refractivity (Wildman–Crippen MR) is 146 cm³/mol. The first-order valence-electron chi connectivity index (χ1n) is 13.5. The van der Waals surface area contributed by atoms with E-state index in [9.17, 15) is 18.4 Å². The Hall–Kier alpha value is -4.24. The van der Waals surface area contributed by atoms with Crippen LogP contribution in [0.4, 0.5) is 8.78 Å². The van der Waals surface area contributed by atoms with Crippen LogP contribution in [-0.2, 0) is 19.1 Å². The SMILES string of the molecule is COc1ccc(OCCCN2CCC(C(c3ccc(F)cc3)c3ccc(F)cc3)CC23OC(=O)C=CC(=O)O3)cc1. The lowest BCUT2D eigenvalue weighted by molar-refractivity contribution is -0.300. The van der Waals surface area contributed by atoms with Gasteiger partial charge in [0.15, 0.2) is 0 Å². The van der Waals surface area contributed by atoms with Crippen molar-refractivity contribution in [2.75, 3.05) is 26.8 Å². The van der Waals surface area contributed by atoms with Gasteiger partial charge in [0, 0.05) is 37.6 Å². The monoisotopic (exact) mass is 563 g/mol. The zero-order valence-electron chi connectivity index (χ0n) is 22.6. The van der Waals surface area contributed by atoms with Crippen LogP contribution in [0.15, 0.2) is 84.9 Å². The molecule has 5 rings (SSSR count). The summed E-state index contributed by atoms with van der Waals surface area (Å²) in [5.74, 6) is -2.80. The second kappa shape index (κ2) is 12.5. The van der Waals surface area contributed by atoms with Gasteiger partial charge in [-0.3, -0.25) is 0 Å². The van der Waals surface area contributed by atoms with Crippen LogP contribution in [0.3, 0.4) is 0 Å². The van der Waals surface area contributed by atoms with Crippen molar-refractivity contribution in [3.63, 3.8) is 0 Å². The van der Waals surface area contributed by atoms with Crippen molar-refractivity contribution in [2.45, 2.75) is 31.1 Å². The van der Waals surface area contributed by atoms with E-state index in [0.717, 1.165) is 29.0 Å². The molecule has 9 heteroatoms. The Morgan fingerprint density at radius 3 is 1.93 bits per heavy atom. The highest BCUT2D eigenvalue weighted by Gasteiger charge is 2.51. The highest BCUT2D eigenvalue weighted by molar-refractivity contribution is 5.93. The second-order valence-corrected chi connectivity index (χ2v) is 10.1. The van der Waals surface area contributed by atoms with Gasteiger partial charge < -0.3 is 18.9 Å². The van der Waals surface area contributed by atoms with E-state index in [2.05, 4.69) is 0 Å². The molecule has 2 aliphatic rings. The molecular formula is C32H31F2NO6. The molecular weight excluding hydrogens is 532 g/mol. The van der Waals surface area contributed by atoms with E-state index in [1.165, 1.54) is 24.3 Å². The van der Waals surface area contributed by atoms with Crippen LogP contribution in [0, 0.1) is 17.6 Å². The fourth-order valence-corrected chi connectivity index (χ4v) is 5.57. The van der Waals surface area contributed by atoms with Crippen molar-refractivity contribution in [2.24, 2.45) is 5.92 Å². The highest BCUT2D eigenvalue weighted by Crippen LogP contribution is 2.45. The molecule has 0 N–H and O–H groups in total. The van der Waals surface area contributed by atoms with Crippen LogP contribution >= 0.6 is 0 Å². The third kappa shape index (κ3) is 6.74. The first kappa shape index (κ1) is 28.3. The summed E-state index contributed by atoms with van der Waals surface area (Å²) in [7, 11) is 1.60. The van der Waals surface area contributed by atoms with Gasteiger partial charge in [0.05, 0.1) is 13.7 Å². The smallest absolute Gasteiger partial charge is 0.335 e. The van der Waals surface area contributed by atoms with E-state index in [1.54, 1.807) is 31.4 Å². The molecule has 1 atom stereocenters. The molecule has 0 aliphatic carbocycles. The van der Waals surface area contributed by atoms with Gasteiger partial charge in [0.1, 0.15) is 23.1 Å². The maximum atomic E-state index is 13.8. The third-order valence-electron chi connectivity index (χ3n) is 7.48. The minimum absolute atomic E-state index is 0.172. The normalized spacial score (nSPS) is 18.6. The largest absolute Gasteiger partial charge is 0.497 e. The summed E-state index contributed by atoms with van der Waals surface area (Å²) in [5, 5.41) is 0. The summed E-state index contributed by atoms with van der Waals surface area (Å²) >= 11 is 0. The van der Waals surface area contributed by atoms with Gasteiger partial charge in [-0.05, 0) is 78.4 Å². The fourth-order valence-electron chi connectivity index (χ4n) is 5.57. The lowest BCUT2D eigenvalue weighted by atomic mass is 9.75. The van der Waals surface area contributed by atoms with E-state index >= 15 is 0 Å². The molecule has 7 nitrogen and oxygen atoms in total. The standard InChI is InChI=1S/C32H31F2NO6/c1-38-27-11-13-28(14-12-27)39-20-2-18-35-19-17-24(21-32(35)40-29(36)15-16-30(37)41-32)31(22-3-7-25(33)8-4-22)23-5-9-26(34)10-6-23/h3-16,24,31H,2,17-21H2,1H3. The van der Waals surface area contributed by atoms with Gasteiger partial charge in [-0.1, -0.05) is 24.3 Å². The number of methoxy groups -OCH3 is 1. The molecule has 3 aromatic carbocycles. The number of likely N-dealkylation sites (tertiary alicyclic amines) is 1. The van der Waals surface area contributed by atoms with Crippen molar-refractivity contribution in [3.05, 3.63) is 108 Å². The number of rotatable bonds is 9. The third-order valence-corrected chi connectivity index (χ3v) is 7.48. The van der Waals surface area contributed by atoms with Crippen molar-refractivity contribution >= 4 is 11.9 Å². The topological polar surface area (TPSA) is 74.3 Å². The van der Waals surface area contributed by atoms with Crippen LogP contribution in [0.25, 0.3) is 0 Å². The maximum absolute atomic E-state index is 13.8. The number of halogens is 2. The van der Waals surface area contributed by atoms with E-state index in [4.69, 9.17) is 18.9 Å². The molecule has 2 heterocycles. The Balaban J connectivity index is 1.38. The summed E-state index contributed by atoms with van der Waals surface area (Å²) in [6.45, 7) is 1.27. The minimum atomic E-state index is -1.64. The zero-order valence-corrected chi connectivity index (χ0v) is 22.6. The Bertz CT molecular complexity index is 1310. The molecule has 0 aromatic heterocycles. The van der Waals surface area contributed by atoms with Gasteiger partial charge in [-0.15, -0.1) is 0 Å². The van der Waals surface area contributed by atoms with Gasteiger partial charge in [-0.2, -0.15) is 0 Å². The van der Waals surface area contributed by atoms with Gasteiger partial charge in [-0.25, -0.2) is 23.3 Å². The summed E-state index contributed by atoms with van der Waals surface area (Å²) in [5.41, 5.74) is 1.65. The second-order valence-electron chi connectivity index (χ2n) is 10.1. The molecule has 2 aliphatic heterocycles. The van der Waals surface area contributed by atoms with E-state index in [1.807, 2.05) is 29.2 Å². The highest BCUT2D eigenvalue weighted by atomic mass is 19.1. The summed E-state index contributed by atoms with van der Waals surface area (Å²) in [4.78, 5) is 27.1. The molecule has 1 saturated heterocycles. The molecule has 0 bridgehead atoms. The van der Waals surface area contributed by atoms with Gasteiger partial charge in [0.25, 0.3) is 0 Å². The number of carbonyl (C=O) groups is 2. The molecule has 1 spiro atoms. The zero-order chi connectivity index (χ0) is 28.8. The average molecular weight is 564 g/mol. The summed E-state index contributed by atoms with van der Waals surface area (Å²) < 4.78 is 50.3. The molecule has 3 aromatic rings. The molecule has 0 saturated carbocycles.